The van der Waals surface area contributed by atoms with Gasteiger partial charge in [0.25, 0.3) is 0 Å². The molecule has 0 unspecified atom stereocenters. The van der Waals surface area contributed by atoms with Gasteiger partial charge in [0.15, 0.2) is 17.4 Å². The lowest BCUT2D eigenvalue weighted by Gasteiger charge is -2.35. The van der Waals surface area contributed by atoms with Crippen LogP contribution >= 0.6 is 0 Å². The molecule has 2 aliphatic heterocycles. The molecule has 1 N–H and O–H groups in total. The van der Waals surface area contributed by atoms with Gasteiger partial charge in [-0.15, -0.1) is 0 Å². The molecule has 0 atom stereocenters. The minimum atomic E-state index is -0.703. The summed E-state index contributed by atoms with van der Waals surface area (Å²) in [6, 6.07) is 3.33. The third-order valence-corrected chi connectivity index (χ3v) is 6.13. The number of carbonyl (C=O) groups excluding carboxylic acids is 1. The van der Waals surface area contributed by atoms with Gasteiger partial charge >= 0.3 is 6.09 Å². The smallest absolute Gasteiger partial charge is 0.409 e. The Morgan fingerprint density at radius 2 is 1.97 bits per heavy atom. The predicted molar refractivity (Wildman–Crippen MR) is 118 cm³/mol. The molecule has 2 aliphatic rings. The van der Waals surface area contributed by atoms with E-state index in [0.29, 0.717) is 51.1 Å². The first kappa shape index (κ1) is 22.1. The van der Waals surface area contributed by atoms with E-state index in [1.807, 2.05) is 0 Å². The van der Waals surface area contributed by atoms with E-state index in [2.05, 4.69) is 15.1 Å². The zero-order valence-electron chi connectivity index (χ0n) is 18.6. The van der Waals surface area contributed by atoms with Crippen molar-refractivity contribution in [1.29, 1.82) is 0 Å². The molecule has 0 spiro atoms. The van der Waals surface area contributed by atoms with Gasteiger partial charge in [0.1, 0.15) is 17.6 Å². The molecule has 0 aliphatic carbocycles. The number of halogens is 2. The Morgan fingerprint density at radius 1 is 1.15 bits per heavy atom. The second kappa shape index (κ2) is 9.24. The summed E-state index contributed by atoms with van der Waals surface area (Å²) in [6.07, 6.45) is 4.75. The van der Waals surface area contributed by atoms with E-state index in [1.54, 1.807) is 17.3 Å². The Balaban J connectivity index is 1.36. The Bertz CT molecular complexity index is 1180. The summed E-state index contributed by atoms with van der Waals surface area (Å²) >= 11 is 0. The molecule has 1 aromatic carbocycles. The maximum atomic E-state index is 14.0. The van der Waals surface area contributed by atoms with E-state index >= 15 is 0 Å². The Kier molecular flexibility index (Phi) is 5.99. The summed E-state index contributed by atoms with van der Waals surface area (Å²) < 4.78 is 37.8. The van der Waals surface area contributed by atoms with Crippen LogP contribution in [0, 0.1) is 11.6 Å². The number of aromatic nitrogens is 4. The summed E-state index contributed by atoms with van der Waals surface area (Å²) in [5, 5.41) is 6.86. The number of aromatic amines is 1. The summed E-state index contributed by atoms with van der Waals surface area (Å²) in [6.45, 7) is 2.12. The number of nitrogens with one attached hydrogen (secondary N) is 1. The molecule has 0 radical (unpaired) electrons. The van der Waals surface area contributed by atoms with Gasteiger partial charge in [-0.3, -0.25) is 5.10 Å². The second-order valence-corrected chi connectivity index (χ2v) is 8.30. The van der Waals surface area contributed by atoms with E-state index < -0.39 is 11.6 Å². The van der Waals surface area contributed by atoms with Gasteiger partial charge in [-0.25, -0.2) is 23.5 Å². The maximum Gasteiger partial charge on any atom is 0.409 e. The average molecular weight is 470 g/mol. The standard InChI is InChI=1S/C23H24F2N6O3/c1-33-23(32)31-9-6-18-19(13-31)28-21(14-11-26-27-12-14)22(29-18)30-7-4-16(5-8-30)34-20-3-2-15(24)10-17(20)25/h2-3,10-12,16H,4-9,13H2,1H3,(H,26,27). The zero-order valence-corrected chi connectivity index (χ0v) is 18.6. The number of benzene rings is 1. The number of ether oxygens (including phenoxy) is 2. The topological polar surface area (TPSA) is 96.5 Å². The highest BCUT2D eigenvalue weighted by atomic mass is 19.1. The van der Waals surface area contributed by atoms with Crippen LogP contribution in [0.25, 0.3) is 11.3 Å². The lowest BCUT2D eigenvalue weighted by molar-refractivity contribution is 0.117. The molecule has 11 heteroatoms. The van der Waals surface area contributed by atoms with E-state index in [1.165, 1.54) is 19.2 Å². The van der Waals surface area contributed by atoms with Gasteiger partial charge < -0.3 is 19.3 Å². The maximum absolute atomic E-state index is 14.0. The number of fused-ring (bicyclic) bond motifs is 1. The molecule has 3 aromatic rings. The molecule has 2 aromatic heterocycles. The van der Waals surface area contributed by atoms with Crippen LogP contribution in [0.3, 0.4) is 0 Å². The number of anilines is 1. The fourth-order valence-corrected chi connectivity index (χ4v) is 4.34. The molecule has 178 valence electrons. The highest BCUT2D eigenvalue weighted by molar-refractivity contribution is 5.72. The molecule has 1 amide bonds. The number of hydrogen-bond donors (Lipinski definition) is 1. The minimum Gasteiger partial charge on any atom is -0.487 e. The first-order valence-corrected chi connectivity index (χ1v) is 11.1. The van der Waals surface area contributed by atoms with Crippen molar-refractivity contribution in [2.45, 2.75) is 31.9 Å². The van der Waals surface area contributed by atoms with Crippen molar-refractivity contribution in [1.82, 2.24) is 25.1 Å². The molecular weight excluding hydrogens is 446 g/mol. The van der Waals surface area contributed by atoms with Crippen LogP contribution in [0.1, 0.15) is 24.2 Å². The highest BCUT2D eigenvalue weighted by Crippen LogP contribution is 2.32. The summed E-state index contributed by atoms with van der Waals surface area (Å²) in [5.41, 5.74) is 3.08. The summed E-state index contributed by atoms with van der Waals surface area (Å²) in [5.74, 6) is -0.529. The molecule has 0 saturated carbocycles. The van der Waals surface area contributed by atoms with E-state index in [-0.39, 0.29) is 17.9 Å². The lowest BCUT2D eigenvalue weighted by Crippen LogP contribution is -2.40. The largest absolute Gasteiger partial charge is 0.487 e. The highest BCUT2D eigenvalue weighted by Gasteiger charge is 2.29. The molecule has 0 bridgehead atoms. The third kappa shape index (κ3) is 4.37. The van der Waals surface area contributed by atoms with Gasteiger partial charge in [0, 0.05) is 56.7 Å². The normalized spacial score (nSPS) is 16.3. The van der Waals surface area contributed by atoms with Crippen molar-refractivity contribution in [3.05, 3.63) is 53.6 Å². The molecule has 1 saturated heterocycles. The second-order valence-electron chi connectivity index (χ2n) is 8.30. The van der Waals surface area contributed by atoms with Crippen molar-refractivity contribution in [3.8, 4) is 17.0 Å². The first-order chi connectivity index (χ1) is 16.5. The van der Waals surface area contributed by atoms with Crippen LogP contribution in [0.4, 0.5) is 19.4 Å². The van der Waals surface area contributed by atoms with Gasteiger partial charge in [-0.1, -0.05) is 0 Å². The molecule has 34 heavy (non-hydrogen) atoms. The van der Waals surface area contributed by atoms with Crippen molar-refractivity contribution in [3.63, 3.8) is 0 Å². The van der Waals surface area contributed by atoms with E-state index in [9.17, 15) is 13.6 Å². The van der Waals surface area contributed by atoms with Crippen LogP contribution in [0.2, 0.25) is 0 Å². The van der Waals surface area contributed by atoms with Crippen LogP contribution in [0.15, 0.2) is 30.6 Å². The molecular formula is C23H24F2N6O3. The molecule has 9 nitrogen and oxygen atoms in total. The lowest BCUT2D eigenvalue weighted by atomic mass is 10.1. The molecule has 5 rings (SSSR count). The number of nitrogens with zero attached hydrogens (tertiary/aromatic N) is 5. The van der Waals surface area contributed by atoms with Gasteiger partial charge in [0.05, 0.1) is 31.2 Å². The van der Waals surface area contributed by atoms with Crippen molar-refractivity contribution < 1.29 is 23.0 Å². The quantitative estimate of drug-likeness (QED) is 0.625. The van der Waals surface area contributed by atoms with E-state index in [4.69, 9.17) is 19.4 Å². The monoisotopic (exact) mass is 470 g/mol. The van der Waals surface area contributed by atoms with Gasteiger partial charge in [-0.2, -0.15) is 5.10 Å². The fraction of sp³-hybridized carbons (Fsp3) is 0.391. The van der Waals surface area contributed by atoms with Crippen LogP contribution in [-0.4, -0.2) is 64.0 Å². The van der Waals surface area contributed by atoms with Gasteiger partial charge in [0.2, 0.25) is 0 Å². The van der Waals surface area contributed by atoms with Crippen molar-refractivity contribution >= 4 is 11.9 Å². The number of hydrogen-bond acceptors (Lipinski definition) is 7. The summed E-state index contributed by atoms with van der Waals surface area (Å²) in [4.78, 5) is 25.5. The number of carbonyl (C=O) groups is 1. The Hall–Kier alpha value is -3.76. The first-order valence-electron chi connectivity index (χ1n) is 11.1. The van der Waals surface area contributed by atoms with Crippen molar-refractivity contribution in [2.24, 2.45) is 0 Å². The number of piperidine rings is 1. The minimum absolute atomic E-state index is 0.0580. The predicted octanol–water partition coefficient (Wildman–Crippen LogP) is 3.32. The SMILES string of the molecule is COC(=O)N1CCc2nc(N3CCC(Oc4ccc(F)cc4F)CC3)c(-c3cn[nH]c3)nc2C1. The van der Waals surface area contributed by atoms with E-state index in [0.717, 1.165) is 28.8 Å². The summed E-state index contributed by atoms with van der Waals surface area (Å²) in [7, 11) is 1.36. The molecule has 4 heterocycles. The van der Waals surface area contributed by atoms with Crippen LogP contribution < -0.4 is 9.64 Å². The third-order valence-electron chi connectivity index (χ3n) is 6.13. The fourth-order valence-electron chi connectivity index (χ4n) is 4.34. The zero-order chi connectivity index (χ0) is 23.7. The van der Waals surface area contributed by atoms with Crippen LogP contribution in [-0.2, 0) is 17.7 Å². The number of amides is 1. The Labute approximate surface area is 194 Å². The van der Waals surface area contributed by atoms with Gasteiger partial charge in [-0.05, 0) is 12.1 Å². The Morgan fingerprint density at radius 3 is 2.68 bits per heavy atom. The molecule has 1 fully saturated rings. The van der Waals surface area contributed by atoms with Crippen molar-refractivity contribution in [2.75, 3.05) is 31.6 Å². The number of rotatable bonds is 4. The number of methoxy groups -OCH3 is 1. The van der Waals surface area contributed by atoms with Crippen LogP contribution in [0.5, 0.6) is 5.75 Å². The number of H-pyrrole nitrogens is 1. The average Bonchev–Trinajstić information content (AvgIpc) is 3.39.